The Kier molecular flexibility index (Phi) is 7.23. The van der Waals surface area contributed by atoms with Crippen molar-refractivity contribution in [3.05, 3.63) is 42.1 Å². The predicted octanol–water partition coefficient (Wildman–Crippen LogP) is 2.84. The molecule has 0 bridgehead atoms. The van der Waals surface area contributed by atoms with Gasteiger partial charge in [0.15, 0.2) is 13.2 Å². The van der Waals surface area contributed by atoms with Gasteiger partial charge < -0.3 is 24.3 Å². The van der Waals surface area contributed by atoms with E-state index in [-0.39, 0.29) is 11.4 Å². The highest BCUT2D eigenvalue weighted by Crippen LogP contribution is 2.25. The zero-order chi connectivity index (χ0) is 21.4. The molecule has 1 aromatic carbocycles. The smallest absolute Gasteiger partial charge is 0.422 e. The van der Waals surface area contributed by atoms with E-state index in [1.165, 1.54) is 20.3 Å². The van der Waals surface area contributed by atoms with Crippen LogP contribution >= 0.6 is 0 Å². The minimum absolute atomic E-state index is 0.0554. The van der Waals surface area contributed by atoms with Crippen LogP contribution in [0.25, 0.3) is 0 Å². The number of rotatable bonds is 8. The number of hydrogen-bond donors (Lipinski definition) is 1. The van der Waals surface area contributed by atoms with E-state index in [9.17, 15) is 22.8 Å². The van der Waals surface area contributed by atoms with Crippen LogP contribution in [0.5, 0.6) is 17.4 Å². The molecule has 11 heteroatoms. The summed E-state index contributed by atoms with van der Waals surface area (Å²) in [7, 11) is 2.91. The van der Waals surface area contributed by atoms with Gasteiger partial charge in [-0.25, -0.2) is 9.78 Å². The van der Waals surface area contributed by atoms with E-state index >= 15 is 0 Å². The van der Waals surface area contributed by atoms with Crippen molar-refractivity contribution in [2.75, 3.05) is 32.8 Å². The van der Waals surface area contributed by atoms with Gasteiger partial charge in [-0.15, -0.1) is 0 Å². The van der Waals surface area contributed by atoms with E-state index in [0.29, 0.717) is 17.2 Å². The lowest BCUT2D eigenvalue weighted by Crippen LogP contribution is -2.21. The number of halogens is 3. The number of nitrogens with zero attached hydrogens (tertiary/aromatic N) is 1. The summed E-state index contributed by atoms with van der Waals surface area (Å²) in [5.41, 5.74) is 0.315. The zero-order valence-electron chi connectivity index (χ0n) is 15.4. The Balaban J connectivity index is 1.88. The van der Waals surface area contributed by atoms with Crippen molar-refractivity contribution in [2.45, 2.75) is 6.18 Å². The molecule has 8 nitrogen and oxygen atoms in total. The quantitative estimate of drug-likeness (QED) is 0.664. The van der Waals surface area contributed by atoms with Crippen molar-refractivity contribution >= 4 is 17.6 Å². The lowest BCUT2D eigenvalue weighted by molar-refractivity contribution is -0.154. The minimum atomic E-state index is -4.50. The maximum absolute atomic E-state index is 12.1. The number of pyridine rings is 1. The fourth-order valence-corrected chi connectivity index (χ4v) is 2.03. The summed E-state index contributed by atoms with van der Waals surface area (Å²) in [6.45, 7) is -2.09. The number of hydrogen-bond acceptors (Lipinski definition) is 7. The van der Waals surface area contributed by atoms with Crippen LogP contribution in [0.4, 0.5) is 18.9 Å². The van der Waals surface area contributed by atoms with Gasteiger partial charge in [0.25, 0.3) is 5.91 Å². The highest BCUT2D eigenvalue weighted by molar-refractivity contribution is 5.95. The number of carbonyl (C=O) groups excluding carboxylic acids is 2. The Bertz CT molecular complexity index is 833. The van der Waals surface area contributed by atoms with Crippen LogP contribution in [-0.2, 0) is 9.53 Å². The normalized spacial score (nSPS) is 10.8. The second-order valence-corrected chi connectivity index (χ2v) is 5.51. The van der Waals surface area contributed by atoms with Gasteiger partial charge in [0.1, 0.15) is 11.5 Å². The van der Waals surface area contributed by atoms with Gasteiger partial charge in [0.2, 0.25) is 5.88 Å². The molecule has 0 unspecified atom stereocenters. The van der Waals surface area contributed by atoms with Gasteiger partial charge in [0, 0.05) is 36.1 Å². The fraction of sp³-hybridized carbons (Fsp3) is 0.278. The van der Waals surface area contributed by atoms with Crippen molar-refractivity contribution in [1.82, 2.24) is 4.98 Å². The van der Waals surface area contributed by atoms with E-state index in [4.69, 9.17) is 14.2 Å². The third-order valence-corrected chi connectivity index (χ3v) is 3.33. The summed E-state index contributed by atoms with van der Waals surface area (Å²) >= 11 is 0. The Morgan fingerprint density at radius 1 is 1.07 bits per heavy atom. The van der Waals surface area contributed by atoms with Gasteiger partial charge >= 0.3 is 12.1 Å². The van der Waals surface area contributed by atoms with E-state index in [2.05, 4.69) is 15.0 Å². The largest absolute Gasteiger partial charge is 0.497 e. The average Bonchev–Trinajstić information content (AvgIpc) is 2.70. The van der Waals surface area contributed by atoms with Gasteiger partial charge in [-0.1, -0.05) is 0 Å². The van der Waals surface area contributed by atoms with Gasteiger partial charge in [-0.2, -0.15) is 13.2 Å². The van der Waals surface area contributed by atoms with Gasteiger partial charge in [0.05, 0.1) is 19.8 Å². The molecule has 29 heavy (non-hydrogen) atoms. The zero-order valence-corrected chi connectivity index (χ0v) is 15.4. The van der Waals surface area contributed by atoms with Crippen molar-refractivity contribution < 1.29 is 41.7 Å². The van der Waals surface area contributed by atoms with Crippen molar-refractivity contribution in [1.29, 1.82) is 0 Å². The fourth-order valence-electron chi connectivity index (χ4n) is 2.03. The lowest BCUT2D eigenvalue weighted by Gasteiger charge is -2.10. The molecule has 0 saturated carbocycles. The van der Waals surface area contributed by atoms with Crippen LogP contribution < -0.4 is 19.5 Å². The van der Waals surface area contributed by atoms with E-state index in [1.807, 2.05) is 0 Å². The Labute approximate surface area is 163 Å². The number of ether oxygens (including phenoxy) is 4. The molecule has 2 rings (SSSR count). The first kappa shape index (κ1) is 21.8. The van der Waals surface area contributed by atoms with Crippen LogP contribution in [0.1, 0.15) is 10.4 Å². The number of amides is 1. The summed E-state index contributed by atoms with van der Waals surface area (Å²) in [6, 6.07) is 6.97. The summed E-state index contributed by atoms with van der Waals surface area (Å²) < 4.78 is 55.7. The first-order valence-electron chi connectivity index (χ1n) is 8.06. The Morgan fingerprint density at radius 3 is 2.24 bits per heavy atom. The maximum Gasteiger partial charge on any atom is 0.422 e. The molecule has 0 atom stereocenters. The van der Waals surface area contributed by atoms with Crippen molar-refractivity contribution in [3.63, 3.8) is 0 Å². The second kappa shape index (κ2) is 9.62. The molecule has 0 aliphatic carbocycles. The predicted molar refractivity (Wildman–Crippen MR) is 94.2 cm³/mol. The standard InChI is InChI=1S/C18H17F3N2O6/c1-26-13-5-12(6-14(7-13)27-2)23-15(24)9-28-17(25)11-3-4-16(22-8-11)29-10-18(19,20)21/h3-8H,9-10H2,1-2H3,(H,23,24). The van der Waals surface area contributed by atoms with Gasteiger partial charge in [-0.05, 0) is 6.07 Å². The molecular weight excluding hydrogens is 397 g/mol. The lowest BCUT2D eigenvalue weighted by atomic mass is 10.2. The number of anilines is 1. The molecule has 0 aliphatic rings. The first-order chi connectivity index (χ1) is 13.7. The molecule has 0 aliphatic heterocycles. The number of alkyl halides is 3. The number of esters is 1. The van der Waals surface area contributed by atoms with Gasteiger partial charge in [-0.3, -0.25) is 4.79 Å². The Morgan fingerprint density at radius 2 is 1.72 bits per heavy atom. The SMILES string of the molecule is COc1cc(NC(=O)COC(=O)c2ccc(OCC(F)(F)F)nc2)cc(OC)c1. The maximum atomic E-state index is 12.1. The van der Waals surface area contributed by atoms with Crippen LogP contribution in [0, 0.1) is 0 Å². The molecule has 0 spiro atoms. The van der Waals surface area contributed by atoms with E-state index in [0.717, 1.165) is 12.3 Å². The second-order valence-electron chi connectivity index (χ2n) is 5.51. The third-order valence-electron chi connectivity index (χ3n) is 3.33. The molecule has 0 radical (unpaired) electrons. The summed E-state index contributed by atoms with van der Waals surface area (Å²) in [4.78, 5) is 27.5. The van der Waals surface area contributed by atoms with Crippen molar-refractivity contribution in [2.24, 2.45) is 0 Å². The number of aromatic nitrogens is 1. The molecule has 1 aromatic heterocycles. The highest BCUT2D eigenvalue weighted by Gasteiger charge is 2.28. The number of methoxy groups -OCH3 is 2. The number of nitrogens with one attached hydrogen (secondary N) is 1. The van der Waals surface area contributed by atoms with Crippen LogP contribution in [0.3, 0.4) is 0 Å². The highest BCUT2D eigenvalue weighted by atomic mass is 19.4. The molecule has 0 fully saturated rings. The van der Waals surface area contributed by atoms with Crippen molar-refractivity contribution in [3.8, 4) is 17.4 Å². The summed E-state index contributed by atoms with van der Waals surface area (Å²) in [5, 5.41) is 2.52. The van der Waals surface area contributed by atoms with E-state index in [1.54, 1.807) is 18.2 Å². The molecule has 2 aromatic rings. The summed E-state index contributed by atoms with van der Waals surface area (Å²) in [6.07, 6.45) is -3.52. The summed E-state index contributed by atoms with van der Waals surface area (Å²) in [5.74, 6) is -0.889. The molecule has 1 amide bonds. The molecule has 156 valence electrons. The molecule has 1 heterocycles. The average molecular weight is 414 g/mol. The minimum Gasteiger partial charge on any atom is -0.497 e. The third kappa shape index (κ3) is 7.20. The topological polar surface area (TPSA) is 96.0 Å². The van der Waals surface area contributed by atoms with Crippen LogP contribution in [0.15, 0.2) is 36.5 Å². The molecule has 1 N–H and O–H groups in total. The van der Waals surface area contributed by atoms with Crippen LogP contribution in [-0.4, -0.2) is 50.5 Å². The monoisotopic (exact) mass is 414 g/mol. The molecular formula is C18H17F3N2O6. The number of benzene rings is 1. The van der Waals surface area contributed by atoms with E-state index < -0.39 is 31.3 Å². The number of carbonyl (C=O) groups is 2. The first-order valence-corrected chi connectivity index (χ1v) is 8.06. The Hall–Kier alpha value is -3.50. The molecule has 0 saturated heterocycles. The van der Waals surface area contributed by atoms with Crippen LogP contribution in [0.2, 0.25) is 0 Å².